The van der Waals surface area contributed by atoms with Crippen molar-refractivity contribution in [3.05, 3.63) is 5.51 Å². The molecule has 5 heteroatoms. The Morgan fingerprint density at radius 1 is 1.50 bits per heavy atom. The third-order valence-electron chi connectivity index (χ3n) is 3.05. The van der Waals surface area contributed by atoms with Gasteiger partial charge in [0.05, 0.1) is 0 Å². The Morgan fingerprint density at radius 2 is 2.31 bits per heavy atom. The van der Waals surface area contributed by atoms with Gasteiger partial charge in [0, 0.05) is 13.1 Å². The highest BCUT2D eigenvalue weighted by molar-refractivity contribution is 7.13. The SMILES string of the molecule is CCCN(CC1CCNCC1)c1nncs1. The number of anilines is 1. The van der Waals surface area contributed by atoms with Crippen LogP contribution in [0.5, 0.6) is 0 Å². The quantitative estimate of drug-likeness (QED) is 0.851. The molecule has 1 aliphatic rings. The number of piperidine rings is 1. The summed E-state index contributed by atoms with van der Waals surface area (Å²) in [6, 6.07) is 0. The van der Waals surface area contributed by atoms with E-state index in [1.807, 2.05) is 5.51 Å². The maximum atomic E-state index is 4.18. The van der Waals surface area contributed by atoms with Crippen molar-refractivity contribution in [1.82, 2.24) is 15.5 Å². The fourth-order valence-electron chi connectivity index (χ4n) is 2.22. The van der Waals surface area contributed by atoms with Crippen LogP contribution in [-0.4, -0.2) is 36.4 Å². The van der Waals surface area contributed by atoms with Crippen LogP contribution in [0.4, 0.5) is 5.13 Å². The summed E-state index contributed by atoms with van der Waals surface area (Å²) in [5.74, 6) is 0.816. The van der Waals surface area contributed by atoms with Gasteiger partial charge in [0.15, 0.2) is 0 Å². The number of nitrogens with zero attached hydrogens (tertiary/aromatic N) is 3. The van der Waals surface area contributed by atoms with E-state index in [2.05, 4.69) is 27.3 Å². The summed E-state index contributed by atoms with van der Waals surface area (Å²) < 4.78 is 0. The minimum absolute atomic E-state index is 0.816. The lowest BCUT2D eigenvalue weighted by molar-refractivity contribution is 0.373. The molecular weight excluding hydrogens is 220 g/mol. The molecule has 0 spiro atoms. The van der Waals surface area contributed by atoms with E-state index in [4.69, 9.17) is 0 Å². The Hall–Kier alpha value is -0.680. The van der Waals surface area contributed by atoms with E-state index in [0.29, 0.717) is 0 Å². The standard InChI is InChI=1S/C11H20N4S/c1-2-7-15(11-14-13-9-16-11)8-10-3-5-12-6-4-10/h9-10,12H,2-8H2,1H3. The number of nitrogens with one attached hydrogen (secondary N) is 1. The zero-order chi connectivity index (χ0) is 11.2. The molecule has 0 unspecified atom stereocenters. The first-order valence-electron chi connectivity index (χ1n) is 6.12. The summed E-state index contributed by atoms with van der Waals surface area (Å²) in [7, 11) is 0. The van der Waals surface area contributed by atoms with Gasteiger partial charge < -0.3 is 10.2 Å². The second-order valence-electron chi connectivity index (χ2n) is 4.36. The maximum Gasteiger partial charge on any atom is 0.208 e. The summed E-state index contributed by atoms with van der Waals surface area (Å²) in [6.07, 6.45) is 3.75. The molecule has 0 aromatic carbocycles. The monoisotopic (exact) mass is 240 g/mol. The molecule has 1 aliphatic heterocycles. The Morgan fingerprint density at radius 3 is 2.94 bits per heavy atom. The highest BCUT2D eigenvalue weighted by atomic mass is 32.1. The number of aromatic nitrogens is 2. The van der Waals surface area contributed by atoms with Gasteiger partial charge in [-0.05, 0) is 38.3 Å². The van der Waals surface area contributed by atoms with Crippen molar-refractivity contribution in [2.75, 3.05) is 31.1 Å². The average molecular weight is 240 g/mol. The maximum absolute atomic E-state index is 4.18. The van der Waals surface area contributed by atoms with Gasteiger partial charge in [0.2, 0.25) is 5.13 Å². The average Bonchev–Trinajstić information content (AvgIpc) is 2.83. The van der Waals surface area contributed by atoms with E-state index in [-0.39, 0.29) is 0 Å². The second-order valence-corrected chi connectivity index (χ2v) is 5.17. The Kier molecular flexibility index (Phi) is 4.54. The van der Waals surface area contributed by atoms with Gasteiger partial charge in [0.25, 0.3) is 0 Å². The first-order valence-corrected chi connectivity index (χ1v) is 7.00. The summed E-state index contributed by atoms with van der Waals surface area (Å²) in [4.78, 5) is 2.40. The van der Waals surface area contributed by atoms with Crippen LogP contribution < -0.4 is 10.2 Å². The molecule has 2 heterocycles. The molecule has 1 aromatic rings. The lowest BCUT2D eigenvalue weighted by Gasteiger charge is -2.29. The normalized spacial score (nSPS) is 17.6. The highest BCUT2D eigenvalue weighted by Crippen LogP contribution is 2.21. The zero-order valence-corrected chi connectivity index (χ0v) is 10.7. The van der Waals surface area contributed by atoms with Crippen molar-refractivity contribution >= 4 is 16.5 Å². The topological polar surface area (TPSA) is 41.0 Å². The molecular formula is C11H20N4S. The predicted octanol–water partition coefficient (Wildman–Crippen LogP) is 1.75. The van der Waals surface area contributed by atoms with E-state index < -0.39 is 0 Å². The van der Waals surface area contributed by atoms with E-state index in [1.54, 1.807) is 11.3 Å². The number of hydrogen-bond donors (Lipinski definition) is 1. The van der Waals surface area contributed by atoms with Crippen LogP contribution in [0.2, 0.25) is 0 Å². The predicted molar refractivity (Wildman–Crippen MR) is 68.0 cm³/mol. The molecule has 2 rings (SSSR count). The Balaban J connectivity index is 1.91. The van der Waals surface area contributed by atoms with Crippen LogP contribution in [0.15, 0.2) is 5.51 Å². The van der Waals surface area contributed by atoms with Crippen molar-refractivity contribution in [2.24, 2.45) is 5.92 Å². The van der Waals surface area contributed by atoms with Gasteiger partial charge in [-0.1, -0.05) is 18.3 Å². The zero-order valence-electron chi connectivity index (χ0n) is 9.85. The number of rotatable bonds is 5. The summed E-state index contributed by atoms with van der Waals surface area (Å²) in [6.45, 7) is 6.79. The third kappa shape index (κ3) is 3.15. The fraction of sp³-hybridized carbons (Fsp3) is 0.818. The van der Waals surface area contributed by atoms with Gasteiger partial charge >= 0.3 is 0 Å². The molecule has 4 nitrogen and oxygen atoms in total. The first kappa shape index (κ1) is 11.8. The summed E-state index contributed by atoms with van der Waals surface area (Å²) in [5, 5.41) is 12.6. The van der Waals surface area contributed by atoms with E-state index in [0.717, 1.165) is 24.1 Å². The Bertz CT molecular complexity index is 282. The molecule has 1 aromatic heterocycles. The minimum Gasteiger partial charge on any atom is -0.346 e. The van der Waals surface area contributed by atoms with E-state index in [1.165, 1.54) is 32.4 Å². The van der Waals surface area contributed by atoms with E-state index in [9.17, 15) is 0 Å². The van der Waals surface area contributed by atoms with Crippen molar-refractivity contribution < 1.29 is 0 Å². The second kappa shape index (κ2) is 6.15. The van der Waals surface area contributed by atoms with Crippen LogP contribution >= 0.6 is 11.3 Å². The molecule has 90 valence electrons. The van der Waals surface area contributed by atoms with Gasteiger partial charge in [-0.15, -0.1) is 10.2 Å². The van der Waals surface area contributed by atoms with Crippen LogP contribution in [0, 0.1) is 5.92 Å². The van der Waals surface area contributed by atoms with Crippen molar-refractivity contribution in [3.63, 3.8) is 0 Å². The molecule has 1 N–H and O–H groups in total. The molecule has 0 atom stereocenters. The molecule has 0 saturated carbocycles. The fourth-order valence-corrected chi connectivity index (χ4v) is 2.81. The molecule has 16 heavy (non-hydrogen) atoms. The lowest BCUT2D eigenvalue weighted by atomic mass is 9.97. The van der Waals surface area contributed by atoms with Gasteiger partial charge in [-0.2, -0.15) is 0 Å². The van der Waals surface area contributed by atoms with Gasteiger partial charge in [-0.25, -0.2) is 0 Å². The van der Waals surface area contributed by atoms with Crippen molar-refractivity contribution in [1.29, 1.82) is 0 Å². The number of hydrogen-bond acceptors (Lipinski definition) is 5. The molecule has 0 aliphatic carbocycles. The molecule has 1 fully saturated rings. The van der Waals surface area contributed by atoms with Crippen molar-refractivity contribution in [2.45, 2.75) is 26.2 Å². The van der Waals surface area contributed by atoms with E-state index >= 15 is 0 Å². The third-order valence-corrected chi connectivity index (χ3v) is 3.80. The molecule has 0 amide bonds. The first-order chi connectivity index (χ1) is 7.90. The van der Waals surface area contributed by atoms with Crippen molar-refractivity contribution in [3.8, 4) is 0 Å². The highest BCUT2D eigenvalue weighted by Gasteiger charge is 2.18. The minimum atomic E-state index is 0.816. The largest absolute Gasteiger partial charge is 0.346 e. The van der Waals surface area contributed by atoms with Gasteiger partial charge in [-0.3, -0.25) is 0 Å². The molecule has 0 radical (unpaired) electrons. The van der Waals surface area contributed by atoms with Crippen LogP contribution in [0.25, 0.3) is 0 Å². The summed E-state index contributed by atoms with van der Waals surface area (Å²) in [5.41, 5.74) is 1.82. The Labute approximate surface area is 101 Å². The molecule has 0 bridgehead atoms. The summed E-state index contributed by atoms with van der Waals surface area (Å²) >= 11 is 1.65. The van der Waals surface area contributed by atoms with Crippen LogP contribution in [0.1, 0.15) is 26.2 Å². The smallest absolute Gasteiger partial charge is 0.208 e. The van der Waals surface area contributed by atoms with Gasteiger partial charge in [0.1, 0.15) is 5.51 Å². The van der Waals surface area contributed by atoms with Crippen LogP contribution in [0.3, 0.4) is 0 Å². The molecule has 1 saturated heterocycles. The lowest BCUT2D eigenvalue weighted by Crippen LogP contribution is -2.36. The van der Waals surface area contributed by atoms with Crippen LogP contribution in [-0.2, 0) is 0 Å².